The van der Waals surface area contributed by atoms with Crippen LogP contribution in [0.2, 0.25) is 0 Å². The first-order valence-corrected chi connectivity index (χ1v) is 1.60. The van der Waals surface area contributed by atoms with Gasteiger partial charge >= 0.3 is 51.4 Å². The van der Waals surface area contributed by atoms with Crippen LogP contribution in [0.25, 0.3) is 0 Å². The predicted molar refractivity (Wildman–Crippen MR) is 13.4 cm³/mol. The standard InChI is InChI=1S/ClH.K.H2O3S/c;;1-4(2)3/h1H;;(H2,1,2,3)/q;+1;/p-1. The summed E-state index contributed by atoms with van der Waals surface area (Å²) in [6.45, 7) is 0. The van der Waals surface area contributed by atoms with Crippen molar-refractivity contribution in [3.05, 3.63) is 0 Å². The minimum Gasteiger partial charge on any atom is -1.00 e. The van der Waals surface area contributed by atoms with Crippen molar-refractivity contribution in [1.82, 2.24) is 0 Å². The van der Waals surface area contributed by atoms with Gasteiger partial charge in [0.2, 0.25) is 0 Å². The van der Waals surface area contributed by atoms with Gasteiger partial charge in [-0.05, 0) is 0 Å². The second kappa shape index (κ2) is 10.1. The van der Waals surface area contributed by atoms with E-state index in [-0.39, 0.29) is 63.8 Å². The molecule has 0 bridgehead atoms. The van der Waals surface area contributed by atoms with Gasteiger partial charge in [0.25, 0.3) is 11.4 Å². The average Bonchev–Trinajstić information content (AvgIpc) is 0.811. The maximum Gasteiger partial charge on any atom is 1.00 e. The van der Waals surface area contributed by atoms with Crippen LogP contribution >= 0.6 is 0 Å². The van der Waals surface area contributed by atoms with Gasteiger partial charge in [-0.3, -0.25) is 9.11 Å². The first kappa shape index (κ1) is 15.7. The van der Waals surface area contributed by atoms with Gasteiger partial charge in [-0.25, -0.2) is 0 Å². The fraction of sp³-hybridized carbons (Fsp3) is 0. The Morgan fingerprint density at radius 3 is 1.33 bits per heavy atom. The molecule has 0 aliphatic heterocycles. The quantitative estimate of drug-likeness (QED) is 0.271. The van der Waals surface area contributed by atoms with E-state index in [9.17, 15) is 0 Å². The topological polar surface area (TPSA) is 57.5 Å². The summed E-state index contributed by atoms with van der Waals surface area (Å²) in [5.41, 5.74) is 0. The van der Waals surface area contributed by atoms with Gasteiger partial charge in [0.15, 0.2) is 0 Å². The molecule has 0 aromatic rings. The van der Waals surface area contributed by atoms with Crippen LogP contribution in [-0.4, -0.2) is 13.3 Å². The van der Waals surface area contributed by atoms with E-state index in [0.29, 0.717) is 0 Å². The summed E-state index contributed by atoms with van der Waals surface area (Å²) < 4.78 is 22.8. The molecule has 0 saturated carbocycles. The van der Waals surface area contributed by atoms with E-state index in [2.05, 4.69) is 0 Å². The summed E-state index contributed by atoms with van der Waals surface area (Å²) in [5.74, 6) is 0. The summed E-state index contributed by atoms with van der Waals surface area (Å²) in [4.78, 5) is 0. The van der Waals surface area contributed by atoms with E-state index in [0.717, 1.165) is 0 Å². The fourth-order valence-electron chi connectivity index (χ4n) is 0. The number of halogens is 1. The van der Waals surface area contributed by atoms with Gasteiger partial charge in [0.05, 0.1) is 0 Å². The SMILES string of the molecule is O=S(O)O.[Cl-].[K+]. The van der Waals surface area contributed by atoms with E-state index in [4.69, 9.17) is 13.3 Å². The average molecular weight is 157 g/mol. The minimum atomic E-state index is -2.61. The van der Waals surface area contributed by atoms with Crippen LogP contribution in [0.5, 0.6) is 0 Å². The van der Waals surface area contributed by atoms with Crippen LogP contribution < -0.4 is 63.8 Å². The summed E-state index contributed by atoms with van der Waals surface area (Å²) in [6.07, 6.45) is 0. The molecule has 0 saturated heterocycles. The first-order chi connectivity index (χ1) is 1.73. The van der Waals surface area contributed by atoms with Gasteiger partial charge in [-0.15, -0.1) is 0 Å². The van der Waals surface area contributed by atoms with Crippen molar-refractivity contribution in [2.24, 2.45) is 0 Å². The van der Waals surface area contributed by atoms with Crippen molar-refractivity contribution in [2.75, 3.05) is 0 Å². The predicted octanol–water partition coefficient (Wildman–Crippen LogP) is -6.31. The Kier molecular flexibility index (Phi) is 26.3. The second-order valence-electron chi connectivity index (χ2n) is 0.231. The van der Waals surface area contributed by atoms with E-state index in [1.54, 1.807) is 0 Å². The molecular weight excluding hydrogens is 155 g/mol. The van der Waals surface area contributed by atoms with E-state index >= 15 is 0 Å². The Balaban J connectivity index is -0.0000000450. The molecule has 0 aliphatic rings. The van der Waals surface area contributed by atoms with Crippen LogP contribution in [0, 0.1) is 0 Å². The molecule has 0 heterocycles. The van der Waals surface area contributed by atoms with Gasteiger partial charge in [0, 0.05) is 0 Å². The van der Waals surface area contributed by atoms with Gasteiger partial charge in [-0.1, -0.05) is 0 Å². The number of rotatable bonds is 0. The van der Waals surface area contributed by atoms with E-state index in [1.807, 2.05) is 0 Å². The maximum absolute atomic E-state index is 8.67. The molecule has 0 atom stereocenters. The summed E-state index contributed by atoms with van der Waals surface area (Å²) in [7, 11) is 0. The van der Waals surface area contributed by atoms with E-state index in [1.165, 1.54) is 0 Å². The summed E-state index contributed by atoms with van der Waals surface area (Å²) in [6, 6.07) is 0. The monoisotopic (exact) mass is 156 g/mol. The van der Waals surface area contributed by atoms with Crippen LogP contribution in [0.1, 0.15) is 0 Å². The van der Waals surface area contributed by atoms with E-state index < -0.39 is 11.4 Å². The maximum atomic E-state index is 8.67. The van der Waals surface area contributed by atoms with Gasteiger partial charge in [-0.2, -0.15) is 4.21 Å². The van der Waals surface area contributed by atoms with Crippen LogP contribution in [0.3, 0.4) is 0 Å². The Labute approximate surface area is 86.8 Å². The molecule has 3 nitrogen and oxygen atoms in total. The van der Waals surface area contributed by atoms with Crippen molar-refractivity contribution < 1.29 is 77.1 Å². The van der Waals surface area contributed by atoms with Crippen molar-refractivity contribution >= 4 is 11.4 Å². The molecule has 0 amide bonds. The molecule has 0 unspecified atom stereocenters. The van der Waals surface area contributed by atoms with Gasteiger partial charge in [0.1, 0.15) is 0 Å². The molecule has 34 valence electrons. The van der Waals surface area contributed by atoms with Crippen LogP contribution in [-0.2, 0) is 11.4 Å². The normalized spacial score (nSPS) is 5.83. The zero-order valence-electron chi connectivity index (χ0n) is 3.09. The molecular formula is H2ClKO3S. The molecule has 0 aliphatic carbocycles. The molecule has 0 radical (unpaired) electrons. The molecule has 0 aromatic heterocycles. The Bertz CT molecular complexity index is 33.8. The molecule has 0 aromatic carbocycles. The summed E-state index contributed by atoms with van der Waals surface area (Å²) in [5, 5.41) is 0. The first-order valence-electron chi connectivity index (χ1n) is 0.532. The minimum absolute atomic E-state index is 0. The second-order valence-corrected chi connectivity index (χ2v) is 0.692. The number of hydrogen-bond acceptors (Lipinski definition) is 1. The third kappa shape index (κ3) is 37.6. The molecule has 2 N–H and O–H groups in total. The number of hydrogen-bond donors (Lipinski definition) is 2. The van der Waals surface area contributed by atoms with Crippen molar-refractivity contribution in [3.63, 3.8) is 0 Å². The molecule has 0 spiro atoms. The van der Waals surface area contributed by atoms with Gasteiger partial charge < -0.3 is 12.4 Å². The molecule has 6 heteroatoms. The van der Waals surface area contributed by atoms with Crippen LogP contribution in [0.15, 0.2) is 0 Å². The van der Waals surface area contributed by atoms with Crippen molar-refractivity contribution in [3.8, 4) is 0 Å². The fourth-order valence-corrected chi connectivity index (χ4v) is 0. The summed E-state index contributed by atoms with van der Waals surface area (Å²) >= 11 is -2.61. The third-order valence-electron chi connectivity index (χ3n) is 0. The largest absolute Gasteiger partial charge is 1.00 e. The molecule has 0 rings (SSSR count). The Morgan fingerprint density at radius 1 is 1.33 bits per heavy atom. The molecule has 6 heavy (non-hydrogen) atoms. The zero-order valence-corrected chi connectivity index (χ0v) is 7.78. The Morgan fingerprint density at radius 2 is 1.33 bits per heavy atom. The van der Waals surface area contributed by atoms with Crippen LogP contribution in [0.4, 0.5) is 0 Å². The molecule has 0 fully saturated rings. The van der Waals surface area contributed by atoms with Crippen molar-refractivity contribution in [2.45, 2.75) is 0 Å². The van der Waals surface area contributed by atoms with Crippen molar-refractivity contribution in [1.29, 1.82) is 0 Å². The Hall–Kier alpha value is 2.00. The third-order valence-corrected chi connectivity index (χ3v) is 0. The smallest absolute Gasteiger partial charge is 1.00 e. The zero-order chi connectivity index (χ0) is 3.58.